The van der Waals surface area contributed by atoms with E-state index in [2.05, 4.69) is 15.0 Å². The van der Waals surface area contributed by atoms with Gasteiger partial charge in [0, 0.05) is 43.4 Å². The van der Waals surface area contributed by atoms with Gasteiger partial charge in [-0.2, -0.15) is 0 Å². The third-order valence-corrected chi connectivity index (χ3v) is 3.76. The summed E-state index contributed by atoms with van der Waals surface area (Å²) >= 11 is 0. The number of hydrogen-bond acceptors (Lipinski definition) is 4. The molecule has 0 N–H and O–H groups in total. The molecule has 0 aliphatic rings. The highest BCUT2D eigenvalue weighted by Crippen LogP contribution is 2.34. The van der Waals surface area contributed by atoms with Crippen molar-refractivity contribution in [1.29, 1.82) is 0 Å². The van der Waals surface area contributed by atoms with E-state index in [1.54, 1.807) is 35.6 Å². The Labute approximate surface area is 138 Å². The molecule has 0 bridgehead atoms. The van der Waals surface area contributed by atoms with Crippen molar-refractivity contribution in [3.05, 3.63) is 60.4 Å². The van der Waals surface area contributed by atoms with E-state index in [0.717, 1.165) is 11.8 Å². The zero-order valence-corrected chi connectivity index (χ0v) is 13.3. The van der Waals surface area contributed by atoms with Crippen LogP contribution in [0.3, 0.4) is 0 Å². The molecule has 1 atom stereocenters. The second-order valence-electron chi connectivity index (χ2n) is 5.35. The van der Waals surface area contributed by atoms with E-state index < -0.39 is 11.6 Å². The van der Waals surface area contributed by atoms with Crippen LogP contribution in [0, 0.1) is 11.6 Å². The first-order chi connectivity index (χ1) is 11.6. The number of ether oxygens (including phenoxy) is 1. The number of imidazole rings is 1. The number of methoxy groups -OCH3 is 1. The molecule has 1 unspecified atom stereocenters. The summed E-state index contributed by atoms with van der Waals surface area (Å²) in [5.74, 6) is -1.39. The Kier molecular flexibility index (Phi) is 4.50. The summed E-state index contributed by atoms with van der Waals surface area (Å²) in [4.78, 5) is 12.5. The summed E-state index contributed by atoms with van der Waals surface area (Å²) in [5.41, 5.74) is 0.810. The van der Waals surface area contributed by atoms with Gasteiger partial charge in [0.05, 0.1) is 18.4 Å². The van der Waals surface area contributed by atoms with E-state index in [4.69, 9.17) is 4.74 Å². The van der Waals surface area contributed by atoms with Gasteiger partial charge in [0.25, 0.3) is 0 Å². The highest BCUT2D eigenvalue weighted by Gasteiger charge is 2.22. The van der Waals surface area contributed by atoms with Gasteiger partial charge in [-0.3, -0.25) is 9.97 Å². The highest BCUT2D eigenvalue weighted by atomic mass is 19.2. The molecule has 0 aliphatic carbocycles. The molecule has 3 rings (SSSR count). The molecule has 2 aromatic heterocycles. The standard InChI is InChI=1S/C17H16F2N4O/c1-11(9-12-10-20-5-6-21-12)23-8-7-22-17(23)15-14(24-2)4-3-13(18)16(15)19/h3-8,10-11H,9H2,1-2H3. The average Bonchev–Trinajstić information content (AvgIpc) is 3.07. The Bertz CT molecular complexity index is 836. The minimum absolute atomic E-state index is 0.00787. The number of rotatable bonds is 5. The van der Waals surface area contributed by atoms with Crippen LogP contribution in [0.4, 0.5) is 8.78 Å². The van der Waals surface area contributed by atoms with Gasteiger partial charge in [-0.1, -0.05) is 0 Å². The maximum atomic E-state index is 14.4. The summed E-state index contributed by atoms with van der Waals surface area (Å²) in [6.07, 6.45) is 8.75. The molecule has 0 saturated carbocycles. The molecule has 2 heterocycles. The summed E-state index contributed by atoms with van der Waals surface area (Å²) in [6.45, 7) is 1.95. The lowest BCUT2D eigenvalue weighted by Crippen LogP contribution is -2.11. The van der Waals surface area contributed by atoms with Crippen molar-refractivity contribution in [3.63, 3.8) is 0 Å². The SMILES string of the molecule is COc1ccc(F)c(F)c1-c1nccn1C(C)Cc1cnccn1. The lowest BCUT2D eigenvalue weighted by molar-refractivity contribution is 0.407. The van der Waals surface area contributed by atoms with Crippen molar-refractivity contribution in [1.82, 2.24) is 19.5 Å². The van der Waals surface area contributed by atoms with E-state index >= 15 is 0 Å². The number of aromatic nitrogens is 4. The van der Waals surface area contributed by atoms with E-state index in [-0.39, 0.29) is 17.4 Å². The molecule has 0 saturated heterocycles. The quantitative estimate of drug-likeness (QED) is 0.719. The molecule has 1 aromatic carbocycles. The van der Waals surface area contributed by atoms with Gasteiger partial charge in [0.2, 0.25) is 0 Å². The van der Waals surface area contributed by atoms with Crippen LogP contribution in [0.15, 0.2) is 43.1 Å². The van der Waals surface area contributed by atoms with Crippen molar-refractivity contribution in [2.75, 3.05) is 7.11 Å². The van der Waals surface area contributed by atoms with Crippen LogP contribution in [-0.4, -0.2) is 26.6 Å². The number of halogens is 2. The van der Waals surface area contributed by atoms with E-state index in [1.165, 1.54) is 13.2 Å². The molecule has 7 heteroatoms. The monoisotopic (exact) mass is 330 g/mol. The van der Waals surface area contributed by atoms with Gasteiger partial charge in [0.1, 0.15) is 11.6 Å². The minimum Gasteiger partial charge on any atom is -0.496 e. The predicted molar refractivity (Wildman–Crippen MR) is 84.6 cm³/mol. The Morgan fingerprint density at radius 1 is 1.17 bits per heavy atom. The summed E-state index contributed by atoms with van der Waals surface area (Å²) < 4.78 is 35.0. The Morgan fingerprint density at radius 3 is 2.71 bits per heavy atom. The van der Waals surface area contributed by atoms with E-state index in [9.17, 15) is 8.78 Å². The van der Waals surface area contributed by atoms with E-state index in [0.29, 0.717) is 12.2 Å². The van der Waals surface area contributed by atoms with Crippen LogP contribution in [0.2, 0.25) is 0 Å². The van der Waals surface area contributed by atoms with Crippen molar-refractivity contribution in [3.8, 4) is 17.1 Å². The Morgan fingerprint density at radius 2 is 2.00 bits per heavy atom. The molecule has 0 spiro atoms. The highest BCUT2D eigenvalue weighted by molar-refractivity contribution is 5.65. The fraction of sp³-hybridized carbons (Fsp3) is 0.235. The summed E-state index contributed by atoms with van der Waals surface area (Å²) in [5, 5.41) is 0. The number of nitrogens with zero attached hydrogens (tertiary/aromatic N) is 4. The third kappa shape index (κ3) is 2.97. The predicted octanol–water partition coefficient (Wildman–Crippen LogP) is 3.43. The molecule has 0 amide bonds. The molecule has 5 nitrogen and oxygen atoms in total. The first-order valence-corrected chi connectivity index (χ1v) is 7.42. The van der Waals surface area contributed by atoms with Crippen molar-refractivity contribution >= 4 is 0 Å². The summed E-state index contributed by atoms with van der Waals surface area (Å²) in [7, 11) is 1.41. The molecule has 0 radical (unpaired) electrons. The van der Waals surface area contributed by atoms with Crippen molar-refractivity contribution in [2.24, 2.45) is 0 Å². The molecular weight excluding hydrogens is 314 g/mol. The zero-order chi connectivity index (χ0) is 17.1. The molecule has 24 heavy (non-hydrogen) atoms. The van der Waals surface area contributed by atoms with Crippen LogP contribution in [0.1, 0.15) is 18.7 Å². The topological polar surface area (TPSA) is 52.8 Å². The molecule has 0 fully saturated rings. The van der Waals surface area contributed by atoms with Crippen LogP contribution < -0.4 is 4.74 Å². The van der Waals surface area contributed by atoms with Gasteiger partial charge < -0.3 is 9.30 Å². The smallest absolute Gasteiger partial charge is 0.173 e. The first kappa shape index (κ1) is 16.0. The first-order valence-electron chi connectivity index (χ1n) is 7.42. The van der Waals surface area contributed by atoms with Crippen LogP contribution in [0.5, 0.6) is 5.75 Å². The van der Waals surface area contributed by atoms with Gasteiger partial charge in [0.15, 0.2) is 11.6 Å². The molecule has 124 valence electrons. The molecule has 0 aliphatic heterocycles. The van der Waals surface area contributed by atoms with Gasteiger partial charge in [-0.25, -0.2) is 13.8 Å². The third-order valence-electron chi connectivity index (χ3n) is 3.76. The normalized spacial score (nSPS) is 12.2. The van der Waals surface area contributed by atoms with Crippen LogP contribution in [-0.2, 0) is 6.42 Å². The second-order valence-corrected chi connectivity index (χ2v) is 5.35. The minimum atomic E-state index is -0.978. The van der Waals surface area contributed by atoms with Gasteiger partial charge >= 0.3 is 0 Å². The maximum absolute atomic E-state index is 14.4. The van der Waals surface area contributed by atoms with Crippen molar-refractivity contribution < 1.29 is 13.5 Å². The van der Waals surface area contributed by atoms with Crippen LogP contribution in [0.25, 0.3) is 11.4 Å². The fourth-order valence-corrected chi connectivity index (χ4v) is 2.61. The fourth-order valence-electron chi connectivity index (χ4n) is 2.61. The largest absolute Gasteiger partial charge is 0.496 e. The van der Waals surface area contributed by atoms with Crippen molar-refractivity contribution in [2.45, 2.75) is 19.4 Å². The number of hydrogen-bond donors (Lipinski definition) is 0. The molecule has 3 aromatic rings. The Hall–Kier alpha value is -2.83. The van der Waals surface area contributed by atoms with Crippen LogP contribution >= 0.6 is 0 Å². The number of benzene rings is 1. The molecular formula is C17H16F2N4O. The maximum Gasteiger partial charge on any atom is 0.173 e. The summed E-state index contributed by atoms with van der Waals surface area (Å²) in [6, 6.07) is 2.35. The van der Waals surface area contributed by atoms with Gasteiger partial charge in [-0.05, 0) is 19.1 Å². The average molecular weight is 330 g/mol. The van der Waals surface area contributed by atoms with Gasteiger partial charge in [-0.15, -0.1) is 0 Å². The second kappa shape index (κ2) is 6.74. The lowest BCUT2D eigenvalue weighted by atomic mass is 10.1. The zero-order valence-electron chi connectivity index (χ0n) is 13.3. The lowest BCUT2D eigenvalue weighted by Gasteiger charge is -2.17. The Balaban J connectivity index is 2.01. The van der Waals surface area contributed by atoms with E-state index in [1.807, 2.05) is 6.92 Å².